The highest BCUT2D eigenvalue weighted by atomic mass is 16.5. The van der Waals surface area contributed by atoms with E-state index in [1.54, 1.807) is 7.11 Å². The topological polar surface area (TPSA) is 76.7 Å². The Morgan fingerprint density at radius 2 is 1.88 bits per heavy atom. The molecular weight excluding hydrogens is 430 g/mol. The minimum absolute atomic E-state index is 0.0211. The van der Waals surface area contributed by atoms with E-state index in [9.17, 15) is 10.1 Å². The van der Waals surface area contributed by atoms with Crippen LogP contribution < -0.4 is 4.74 Å². The maximum atomic E-state index is 12.9. The van der Waals surface area contributed by atoms with Crippen LogP contribution in [0.25, 0.3) is 22.2 Å². The highest BCUT2D eigenvalue weighted by molar-refractivity contribution is 5.97. The molecule has 2 heterocycles. The maximum Gasteiger partial charge on any atom is 0.254 e. The quantitative estimate of drug-likeness (QED) is 0.490. The Kier molecular flexibility index (Phi) is 6.52. The van der Waals surface area contributed by atoms with Crippen LogP contribution >= 0.6 is 0 Å². The van der Waals surface area contributed by atoms with Crippen LogP contribution in [0.3, 0.4) is 0 Å². The molecule has 2 fully saturated rings. The molecule has 1 aromatic heterocycles. The third-order valence-electron chi connectivity index (χ3n) is 6.79. The fourth-order valence-corrected chi connectivity index (χ4v) is 4.76. The van der Waals surface area contributed by atoms with Gasteiger partial charge in [0.05, 0.1) is 36.6 Å². The van der Waals surface area contributed by atoms with Gasteiger partial charge in [-0.05, 0) is 49.1 Å². The number of carbonyl (C=O) groups is 1. The molecule has 176 valence electrons. The molecule has 34 heavy (non-hydrogen) atoms. The number of aromatic nitrogens is 1. The first-order valence-electron chi connectivity index (χ1n) is 11.9. The van der Waals surface area contributed by atoms with Gasteiger partial charge in [-0.25, -0.2) is 0 Å². The lowest BCUT2D eigenvalue weighted by atomic mass is 9.92. The zero-order valence-electron chi connectivity index (χ0n) is 19.5. The van der Waals surface area contributed by atoms with E-state index in [-0.39, 0.29) is 5.91 Å². The summed E-state index contributed by atoms with van der Waals surface area (Å²) in [6, 6.07) is 16.4. The highest BCUT2D eigenvalue weighted by Crippen LogP contribution is 2.43. The van der Waals surface area contributed by atoms with Crippen LogP contribution in [0.4, 0.5) is 0 Å². The molecule has 2 aromatic carbocycles. The molecule has 7 nitrogen and oxygen atoms in total. The molecule has 0 unspecified atom stereocenters. The van der Waals surface area contributed by atoms with Gasteiger partial charge in [0.15, 0.2) is 0 Å². The number of nitrogens with zero attached hydrogens (tertiary/aromatic N) is 3. The molecule has 0 radical (unpaired) electrons. The lowest BCUT2D eigenvalue weighted by Crippen LogP contribution is -2.40. The second-order valence-electron chi connectivity index (χ2n) is 8.79. The Labute approximate surface area is 199 Å². The molecule has 1 amide bonds. The largest absolute Gasteiger partial charge is 0.491 e. The van der Waals surface area contributed by atoms with Crippen molar-refractivity contribution in [2.24, 2.45) is 0 Å². The van der Waals surface area contributed by atoms with Gasteiger partial charge in [-0.15, -0.1) is 0 Å². The van der Waals surface area contributed by atoms with Crippen LogP contribution in [-0.2, 0) is 9.47 Å². The molecule has 1 aliphatic carbocycles. The van der Waals surface area contributed by atoms with Crippen LogP contribution in [0.15, 0.2) is 42.5 Å². The molecule has 1 saturated heterocycles. The Morgan fingerprint density at radius 1 is 1.12 bits per heavy atom. The molecular formula is C27H29N3O4. The molecule has 2 aliphatic rings. The minimum atomic E-state index is 0.0211. The third kappa shape index (κ3) is 4.15. The van der Waals surface area contributed by atoms with Crippen molar-refractivity contribution in [3.8, 4) is 23.1 Å². The van der Waals surface area contributed by atoms with Gasteiger partial charge in [-0.1, -0.05) is 12.1 Å². The lowest BCUT2D eigenvalue weighted by Gasteiger charge is -2.30. The van der Waals surface area contributed by atoms with Gasteiger partial charge < -0.3 is 23.7 Å². The van der Waals surface area contributed by atoms with Crippen molar-refractivity contribution in [3.63, 3.8) is 0 Å². The first-order chi connectivity index (χ1) is 16.7. The fraction of sp³-hybridized carbons (Fsp3) is 0.407. The van der Waals surface area contributed by atoms with Gasteiger partial charge in [0, 0.05) is 43.3 Å². The summed E-state index contributed by atoms with van der Waals surface area (Å²) in [6.45, 7) is 3.38. The summed E-state index contributed by atoms with van der Waals surface area (Å²) in [7, 11) is 1.65. The summed E-state index contributed by atoms with van der Waals surface area (Å²) in [6.07, 6.45) is 3.36. The first kappa shape index (κ1) is 22.5. The van der Waals surface area contributed by atoms with Crippen molar-refractivity contribution in [3.05, 3.63) is 53.6 Å². The van der Waals surface area contributed by atoms with Crippen LogP contribution in [0, 0.1) is 11.3 Å². The monoisotopic (exact) mass is 459 g/mol. The van der Waals surface area contributed by atoms with Gasteiger partial charge in [0.2, 0.25) is 0 Å². The normalized spacial score (nSPS) is 16.3. The number of ether oxygens (including phenoxy) is 3. The van der Waals surface area contributed by atoms with E-state index in [0.717, 1.165) is 40.8 Å². The Bertz CT molecular complexity index is 1220. The SMILES string of the molecule is COCCOc1ccc2c(C#N)c(-c3ccc(C(=O)N4CCOCC4)cc3)n(C3CCC3)c2c1. The van der Waals surface area contributed by atoms with Crippen molar-refractivity contribution in [2.75, 3.05) is 46.6 Å². The molecule has 1 saturated carbocycles. The fourth-order valence-electron chi connectivity index (χ4n) is 4.76. The summed E-state index contributed by atoms with van der Waals surface area (Å²) in [5.41, 5.74) is 4.20. The van der Waals surface area contributed by atoms with Gasteiger partial charge in [-0.2, -0.15) is 5.26 Å². The number of benzene rings is 2. The molecule has 0 spiro atoms. The molecule has 1 aliphatic heterocycles. The smallest absolute Gasteiger partial charge is 0.254 e. The van der Waals surface area contributed by atoms with Crippen LogP contribution in [0.2, 0.25) is 0 Å². The first-order valence-corrected chi connectivity index (χ1v) is 11.9. The summed E-state index contributed by atoms with van der Waals surface area (Å²) in [5.74, 6) is 0.790. The lowest BCUT2D eigenvalue weighted by molar-refractivity contribution is 0.0303. The second kappa shape index (κ2) is 9.88. The minimum Gasteiger partial charge on any atom is -0.491 e. The second-order valence-corrected chi connectivity index (χ2v) is 8.79. The van der Waals surface area contributed by atoms with Crippen molar-refractivity contribution in [1.82, 2.24) is 9.47 Å². The van der Waals surface area contributed by atoms with Crippen LogP contribution in [0.5, 0.6) is 5.75 Å². The average molecular weight is 460 g/mol. The van der Waals surface area contributed by atoms with E-state index in [1.165, 1.54) is 6.42 Å². The Morgan fingerprint density at radius 3 is 2.53 bits per heavy atom. The number of rotatable bonds is 7. The molecule has 0 N–H and O–H groups in total. The molecule has 7 heteroatoms. The average Bonchev–Trinajstić information content (AvgIpc) is 3.16. The van der Waals surface area contributed by atoms with E-state index in [4.69, 9.17) is 14.2 Å². The predicted octanol–water partition coefficient (Wildman–Crippen LogP) is 4.40. The van der Waals surface area contributed by atoms with Crippen molar-refractivity contribution in [2.45, 2.75) is 25.3 Å². The van der Waals surface area contributed by atoms with E-state index in [1.807, 2.05) is 47.4 Å². The number of hydrogen-bond donors (Lipinski definition) is 0. The van der Waals surface area contributed by atoms with Crippen molar-refractivity contribution >= 4 is 16.8 Å². The van der Waals surface area contributed by atoms with Crippen molar-refractivity contribution in [1.29, 1.82) is 5.26 Å². The highest BCUT2D eigenvalue weighted by Gasteiger charge is 2.28. The summed E-state index contributed by atoms with van der Waals surface area (Å²) in [4.78, 5) is 14.7. The number of morpholine rings is 1. The number of nitriles is 1. The molecule has 0 bridgehead atoms. The van der Waals surface area contributed by atoms with E-state index in [0.29, 0.717) is 56.7 Å². The van der Waals surface area contributed by atoms with E-state index < -0.39 is 0 Å². The van der Waals surface area contributed by atoms with Crippen LogP contribution in [-0.4, -0.2) is 62.0 Å². The Balaban J connectivity index is 1.54. The number of methoxy groups -OCH3 is 1. The standard InChI is InChI=1S/C27H29N3O4/c1-32-15-16-34-22-9-10-23-24(18-28)26(30(25(23)17-22)21-3-2-4-21)19-5-7-20(8-6-19)27(31)29-11-13-33-14-12-29/h5-10,17,21H,2-4,11-16H2,1H3. The third-order valence-corrected chi connectivity index (χ3v) is 6.79. The van der Waals surface area contributed by atoms with E-state index >= 15 is 0 Å². The zero-order chi connectivity index (χ0) is 23.5. The Hall–Kier alpha value is -3.34. The summed E-state index contributed by atoms with van der Waals surface area (Å²) < 4.78 is 18.6. The number of fused-ring (bicyclic) bond motifs is 1. The van der Waals surface area contributed by atoms with Gasteiger partial charge in [-0.3, -0.25) is 4.79 Å². The predicted molar refractivity (Wildman–Crippen MR) is 129 cm³/mol. The summed E-state index contributed by atoms with van der Waals surface area (Å²) >= 11 is 0. The van der Waals surface area contributed by atoms with Crippen molar-refractivity contribution < 1.29 is 19.0 Å². The molecule has 3 aromatic rings. The number of carbonyl (C=O) groups excluding carboxylic acids is 1. The van der Waals surface area contributed by atoms with Crippen LogP contribution in [0.1, 0.15) is 41.2 Å². The number of amides is 1. The maximum absolute atomic E-state index is 12.9. The van der Waals surface area contributed by atoms with Gasteiger partial charge in [0.1, 0.15) is 18.4 Å². The van der Waals surface area contributed by atoms with Gasteiger partial charge >= 0.3 is 0 Å². The number of hydrogen-bond acceptors (Lipinski definition) is 5. The van der Waals surface area contributed by atoms with Gasteiger partial charge in [0.25, 0.3) is 5.91 Å². The zero-order valence-corrected chi connectivity index (χ0v) is 19.5. The van der Waals surface area contributed by atoms with E-state index in [2.05, 4.69) is 10.6 Å². The summed E-state index contributed by atoms with van der Waals surface area (Å²) in [5, 5.41) is 11.1. The molecule has 5 rings (SSSR count). The molecule has 0 atom stereocenters.